The van der Waals surface area contributed by atoms with Crippen LogP contribution in [0.2, 0.25) is 0 Å². The van der Waals surface area contributed by atoms with E-state index in [1.54, 1.807) is 31.4 Å². The highest BCUT2D eigenvalue weighted by atomic mass is 16.5. The van der Waals surface area contributed by atoms with Crippen LogP contribution >= 0.6 is 0 Å². The third kappa shape index (κ3) is 4.90. The maximum absolute atomic E-state index is 11.1. The van der Waals surface area contributed by atoms with Gasteiger partial charge in [-0.05, 0) is 24.5 Å². The Morgan fingerprint density at radius 1 is 1.14 bits per heavy atom. The monoisotopic (exact) mass is 493 g/mol. The molecule has 36 heavy (non-hydrogen) atoms. The number of carboxylic acid groups (broad SMARTS) is 1. The molecule has 0 unspecified atom stereocenters. The van der Waals surface area contributed by atoms with Crippen molar-refractivity contribution in [3.8, 4) is 11.5 Å². The van der Waals surface area contributed by atoms with Gasteiger partial charge in [-0.15, -0.1) is 0 Å². The number of fused-ring (bicyclic) bond motifs is 1. The number of piperidine rings is 1. The zero-order chi connectivity index (χ0) is 25.9. The molecule has 1 aliphatic heterocycles. The quantitative estimate of drug-likeness (QED) is 0.329. The van der Waals surface area contributed by atoms with E-state index in [1.165, 1.54) is 5.56 Å². The smallest absolute Gasteiger partial charge is 0.373 e. The summed E-state index contributed by atoms with van der Waals surface area (Å²) in [4.78, 5) is 22.4. The highest BCUT2D eigenvalue weighted by Crippen LogP contribution is 2.38. The number of hydrogen-bond acceptors (Lipinski definition) is 9. The third-order valence-electron chi connectivity index (χ3n) is 6.65. The molecule has 190 valence electrons. The Balaban J connectivity index is 1.65. The van der Waals surface area contributed by atoms with Crippen molar-refractivity contribution in [1.29, 1.82) is 0 Å². The SMILES string of the molecule is COc1cc2nc(N(C)CC3(c4ccccc4)CCN(/N=C(\N)C(=O)O)CC3)nc(N)c2cc1OC. The van der Waals surface area contributed by atoms with Crippen LogP contribution in [-0.2, 0) is 10.2 Å². The van der Waals surface area contributed by atoms with Crippen LogP contribution in [0.5, 0.6) is 11.5 Å². The van der Waals surface area contributed by atoms with Gasteiger partial charge in [-0.2, -0.15) is 10.1 Å². The minimum Gasteiger partial charge on any atom is -0.493 e. The average molecular weight is 494 g/mol. The summed E-state index contributed by atoms with van der Waals surface area (Å²) in [5.41, 5.74) is 13.5. The number of aliphatic carboxylic acids is 1. The number of amidine groups is 1. The van der Waals surface area contributed by atoms with Gasteiger partial charge < -0.3 is 30.9 Å². The molecule has 0 saturated carbocycles. The number of methoxy groups -OCH3 is 2. The van der Waals surface area contributed by atoms with Crippen LogP contribution < -0.4 is 25.8 Å². The summed E-state index contributed by atoms with van der Waals surface area (Å²) in [5.74, 6) is 0.331. The summed E-state index contributed by atoms with van der Waals surface area (Å²) < 4.78 is 10.8. The number of ether oxygens (including phenoxy) is 2. The number of hydrazone groups is 1. The molecule has 5 N–H and O–H groups in total. The lowest BCUT2D eigenvalue weighted by atomic mass is 9.72. The fraction of sp³-hybridized carbons (Fsp3) is 0.360. The predicted molar refractivity (Wildman–Crippen MR) is 139 cm³/mol. The van der Waals surface area contributed by atoms with Gasteiger partial charge in [-0.25, -0.2) is 9.78 Å². The maximum Gasteiger partial charge on any atom is 0.373 e. The van der Waals surface area contributed by atoms with Crippen molar-refractivity contribution in [2.45, 2.75) is 18.3 Å². The van der Waals surface area contributed by atoms with Gasteiger partial charge in [0.25, 0.3) is 0 Å². The van der Waals surface area contributed by atoms with Crippen molar-refractivity contribution >= 4 is 34.5 Å². The van der Waals surface area contributed by atoms with Crippen molar-refractivity contribution in [2.75, 3.05) is 51.5 Å². The van der Waals surface area contributed by atoms with E-state index in [0.29, 0.717) is 53.8 Å². The highest BCUT2D eigenvalue weighted by Gasteiger charge is 2.38. The van der Waals surface area contributed by atoms with Crippen LogP contribution in [0, 0.1) is 0 Å². The Morgan fingerprint density at radius 3 is 2.39 bits per heavy atom. The Hall–Kier alpha value is -4.28. The normalized spacial score (nSPS) is 15.5. The molecule has 0 amide bonds. The maximum atomic E-state index is 11.1. The van der Waals surface area contributed by atoms with Gasteiger partial charge in [0.1, 0.15) is 5.82 Å². The molecule has 0 bridgehead atoms. The van der Waals surface area contributed by atoms with E-state index in [-0.39, 0.29) is 5.41 Å². The number of benzene rings is 2. The first-order valence-electron chi connectivity index (χ1n) is 11.5. The number of anilines is 2. The number of nitrogens with two attached hydrogens (primary N) is 2. The second kappa shape index (κ2) is 10.1. The molecule has 1 aromatic heterocycles. The number of nitrogen functional groups attached to an aromatic ring is 1. The van der Waals surface area contributed by atoms with E-state index in [0.717, 1.165) is 12.8 Å². The summed E-state index contributed by atoms with van der Waals surface area (Å²) in [5, 5.41) is 15.5. The van der Waals surface area contributed by atoms with Gasteiger partial charge >= 0.3 is 5.97 Å². The molecule has 0 radical (unpaired) electrons. The van der Waals surface area contributed by atoms with E-state index < -0.39 is 11.8 Å². The number of carboxylic acids is 1. The number of aromatic nitrogens is 2. The van der Waals surface area contributed by atoms with Gasteiger partial charge in [0.05, 0.1) is 19.7 Å². The molecular weight excluding hydrogens is 462 g/mol. The Morgan fingerprint density at radius 2 is 1.78 bits per heavy atom. The van der Waals surface area contributed by atoms with Crippen LogP contribution in [0.4, 0.5) is 11.8 Å². The molecule has 4 rings (SSSR count). The van der Waals surface area contributed by atoms with E-state index >= 15 is 0 Å². The van der Waals surface area contributed by atoms with Gasteiger partial charge in [-0.3, -0.25) is 5.01 Å². The van der Waals surface area contributed by atoms with E-state index in [1.807, 2.05) is 30.1 Å². The number of hydrogen-bond donors (Lipinski definition) is 3. The minimum atomic E-state index is -1.23. The van der Waals surface area contributed by atoms with E-state index in [4.69, 9.17) is 31.0 Å². The summed E-state index contributed by atoms with van der Waals surface area (Å²) in [6, 6.07) is 13.8. The largest absolute Gasteiger partial charge is 0.493 e. The van der Waals surface area contributed by atoms with Crippen LogP contribution in [0.25, 0.3) is 10.9 Å². The van der Waals surface area contributed by atoms with Gasteiger partial charge in [0.2, 0.25) is 11.8 Å². The molecule has 2 heterocycles. The predicted octanol–water partition coefficient (Wildman–Crippen LogP) is 2.06. The fourth-order valence-electron chi connectivity index (χ4n) is 4.71. The number of carbonyl (C=O) groups is 1. The molecule has 1 saturated heterocycles. The summed E-state index contributed by atoms with van der Waals surface area (Å²) in [6.45, 7) is 1.75. The molecule has 1 fully saturated rings. The molecule has 2 aromatic carbocycles. The van der Waals surface area contributed by atoms with E-state index in [2.05, 4.69) is 22.2 Å². The second-order valence-corrected chi connectivity index (χ2v) is 8.88. The Bertz CT molecular complexity index is 1270. The summed E-state index contributed by atoms with van der Waals surface area (Å²) >= 11 is 0. The Kier molecular flexibility index (Phi) is 7.00. The molecule has 11 heteroatoms. The van der Waals surface area contributed by atoms with Crippen LogP contribution in [0.1, 0.15) is 18.4 Å². The molecule has 11 nitrogen and oxygen atoms in total. The minimum absolute atomic E-state index is 0.231. The van der Waals surface area contributed by atoms with Gasteiger partial charge in [0.15, 0.2) is 11.5 Å². The third-order valence-corrected chi connectivity index (χ3v) is 6.65. The van der Waals surface area contributed by atoms with Crippen molar-refractivity contribution in [2.24, 2.45) is 10.8 Å². The number of nitrogens with zero attached hydrogens (tertiary/aromatic N) is 5. The number of likely N-dealkylation sites (N-methyl/N-ethyl adjacent to an activating group) is 1. The van der Waals surface area contributed by atoms with E-state index in [9.17, 15) is 4.79 Å². The molecule has 0 spiro atoms. The lowest BCUT2D eigenvalue weighted by Gasteiger charge is -2.43. The zero-order valence-electron chi connectivity index (χ0n) is 20.6. The highest BCUT2D eigenvalue weighted by molar-refractivity contribution is 6.33. The first kappa shape index (κ1) is 24.8. The lowest BCUT2D eigenvalue weighted by molar-refractivity contribution is -0.129. The van der Waals surface area contributed by atoms with Crippen molar-refractivity contribution in [3.05, 3.63) is 48.0 Å². The molecule has 0 atom stereocenters. The van der Waals surface area contributed by atoms with Gasteiger partial charge in [-0.1, -0.05) is 30.3 Å². The topological polar surface area (TPSA) is 152 Å². The van der Waals surface area contributed by atoms with Crippen LogP contribution in [0.3, 0.4) is 0 Å². The zero-order valence-corrected chi connectivity index (χ0v) is 20.6. The molecule has 3 aromatic rings. The van der Waals surface area contributed by atoms with Crippen molar-refractivity contribution < 1.29 is 19.4 Å². The van der Waals surface area contributed by atoms with Gasteiger partial charge in [0, 0.05) is 43.5 Å². The summed E-state index contributed by atoms with van der Waals surface area (Å²) in [6.07, 6.45) is 1.48. The lowest BCUT2D eigenvalue weighted by Crippen LogP contribution is -2.48. The van der Waals surface area contributed by atoms with Crippen LogP contribution in [-0.4, -0.2) is 72.8 Å². The average Bonchev–Trinajstić information content (AvgIpc) is 2.89. The Labute approximate surface area is 209 Å². The first-order chi connectivity index (χ1) is 17.3. The molecule has 1 aliphatic rings. The fourth-order valence-corrected chi connectivity index (χ4v) is 4.71. The molecular formula is C25H31N7O4. The number of rotatable bonds is 7. The van der Waals surface area contributed by atoms with Crippen LogP contribution in [0.15, 0.2) is 47.6 Å². The summed E-state index contributed by atoms with van der Waals surface area (Å²) in [7, 11) is 5.09. The molecule has 0 aliphatic carbocycles. The standard InChI is InChI=1S/C25H31N7O4/c1-31(24-28-18-14-20(36-3)19(35-2)13-17(18)21(26)29-24)15-25(16-7-5-4-6-8-16)9-11-32(12-10-25)30-22(27)23(33)34/h4-8,13-14H,9-12,15H2,1-3H3,(H2,27,30)(H,33,34)(H2,26,28,29). The van der Waals surface area contributed by atoms with Crippen molar-refractivity contribution in [3.63, 3.8) is 0 Å². The first-order valence-corrected chi connectivity index (χ1v) is 11.5. The second-order valence-electron chi connectivity index (χ2n) is 8.88. The van der Waals surface area contributed by atoms with Crippen molar-refractivity contribution in [1.82, 2.24) is 15.0 Å².